The molecule has 6 heteroatoms. The van der Waals surface area contributed by atoms with Crippen LogP contribution in [0.5, 0.6) is 0 Å². The first-order chi connectivity index (χ1) is 13.5. The van der Waals surface area contributed by atoms with Gasteiger partial charge in [0.1, 0.15) is 12.1 Å². The Balaban J connectivity index is 1.69. The van der Waals surface area contributed by atoms with Crippen molar-refractivity contribution >= 4 is 17.8 Å². The molecular weight excluding hydrogens is 366 g/mol. The van der Waals surface area contributed by atoms with Crippen LogP contribution in [0, 0.1) is 5.92 Å². The van der Waals surface area contributed by atoms with Crippen LogP contribution in [-0.2, 0) is 15.0 Å². The van der Waals surface area contributed by atoms with E-state index in [0.717, 1.165) is 23.3 Å². The molecule has 1 saturated carbocycles. The Morgan fingerprint density at radius 3 is 2.24 bits per heavy atom. The third kappa shape index (κ3) is 4.31. The molecule has 1 heterocycles. The summed E-state index contributed by atoms with van der Waals surface area (Å²) in [4.78, 5) is 38.9. The molecule has 3 rings (SSSR count). The van der Waals surface area contributed by atoms with Gasteiger partial charge in [-0.2, -0.15) is 0 Å². The predicted octanol–water partition coefficient (Wildman–Crippen LogP) is 3.66. The second kappa shape index (κ2) is 7.81. The van der Waals surface area contributed by atoms with Crippen LogP contribution in [-0.4, -0.2) is 34.8 Å². The van der Waals surface area contributed by atoms with Crippen molar-refractivity contribution in [3.8, 4) is 0 Å². The van der Waals surface area contributed by atoms with Crippen molar-refractivity contribution in [3.63, 3.8) is 0 Å². The van der Waals surface area contributed by atoms with Gasteiger partial charge in [0, 0.05) is 0 Å². The molecule has 0 bridgehead atoms. The van der Waals surface area contributed by atoms with Crippen LogP contribution in [0.2, 0.25) is 0 Å². The van der Waals surface area contributed by atoms with E-state index in [2.05, 4.69) is 43.5 Å². The molecule has 1 unspecified atom stereocenters. The molecule has 1 aromatic rings. The van der Waals surface area contributed by atoms with E-state index in [9.17, 15) is 14.4 Å². The summed E-state index contributed by atoms with van der Waals surface area (Å²) in [6.07, 6.45) is 3.16. The van der Waals surface area contributed by atoms with Crippen molar-refractivity contribution in [1.29, 1.82) is 0 Å². The lowest BCUT2D eigenvalue weighted by atomic mass is 9.85. The molecule has 2 aliphatic rings. The summed E-state index contributed by atoms with van der Waals surface area (Å²) in [5.41, 5.74) is 1.54. The Hall–Kier alpha value is -2.37. The molecule has 1 saturated heterocycles. The van der Waals surface area contributed by atoms with E-state index in [1.807, 2.05) is 26.0 Å². The minimum Gasteiger partial charge on any atom is -0.347 e. The lowest BCUT2D eigenvalue weighted by molar-refractivity contribution is -0.135. The zero-order chi connectivity index (χ0) is 21.4. The molecule has 1 aliphatic carbocycles. The molecule has 1 spiro atoms. The normalized spacial score (nSPS) is 19.7. The van der Waals surface area contributed by atoms with Crippen LogP contribution < -0.4 is 10.6 Å². The summed E-state index contributed by atoms with van der Waals surface area (Å²) in [6.45, 7) is 10.3. The van der Waals surface area contributed by atoms with Gasteiger partial charge >= 0.3 is 6.03 Å². The summed E-state index contributed by atoms with van der Waals surface area (Å²) in [5, 5.41) is 5.85. The van der Waals surface area contributed by atoms with Crippen LogP contribution in [0.1, 0.15) is 77.5 Å². The molecule has 4 amide bonds. The van der Waals surface area contributed by atoms with Gasteiger partial charge in [0.05, 0.1) is 6.04 Å². The van der Waals surface area contributed by atoms with Crippen LogP contribution in [0.15, 0.2) is 24.3 Å². The third-order valence-electron chi connectivity index (χ3n) is 6.12. The number of rotatable bonds is 5. The molecular formula is C23H33N3O3. The van der Waals surface area contributed by atoms with Crippen molar-refractivity contribution in [3.05, 3.63) is 35.4 Å². The maximum absolute atomic E-state index is 12.8. The second-order valence-electron chi connectivity index (χ2n) is 9.77. The van der Waals surface area contributed by atoms with Gasteiger partial charge < -0.3 is 10.6 Å². The molecule has 1 aliphatic heterocycles. The summed E-state index contributed by atoms with van der Waals surface area (Å²) < 4.78 is 0. The Morgan fingerprint density at radius 2 is 1.72 bits per heavy atom. The van der Waals surface area contributed by atoms with Crippen LogP contribution in [0.3, 0.4) is 0 Å². The second-order valence-corrected chi connectivity index (χ2v) is 9.77. The first-order valence-electron chi connectivity index (χ1n) is 10.6. The summed E-state index contributed by atoms with van der Waals surface area (Å²) in [5.74, 6) is -0.406. The number of nitrogens with zero attached hydrogens (tertiary/aromatic N) is 1. The first-order valence-corrected chi connectivity index (χ1v) is 10.6. The lowest BCUT2D eigenvalue weighted by Gasteiger charge is -2.26. The smallest absolute Gasteiger partial charge is 0.325 e. The van der Waals surface area contributed by atoms with Gasteiger partial charge in [-0.1, -0.05) is 71.7 Å². The number of imide groups is 1. The summed E-state index contributed by atoms with van der Waals surface area (Å²) in [7, 11) is 0. The average molecular weight is 400 g/mol. The summed E-state index contributed by atoms with van der Waals surface area (Å²) >= 11 is 0. The van der Waals surface area contributed by atoms with Gasteiger partial charge in [-0.05, 0) is 35.3 Å². The monoisotopic (exact) mass is 399 g/mol. The van der Waals surface area contributed by atoms with Gasteiger partial charge in [-0.15, -0.1) is 0 Å². The maximum atomic E-state index is 12.8. The van der Waals surface area contributed by atoms with Crippen molar-refractivity contribution in [1.82, 2.24) is 15.5 Å². The van der Waals surface area contributed by atoms with Gasteiger partial charge in [-0.3, -0.25) is 14.5 Å². The summed E-state index contributed by atoms with van der Waals surface area (Å²) in [6, 6.07) is 7.65. The molecule has 0 radical (unpaired) electrons. The Bertz CT molecular complexity index is 787. The van der Waals surface area contributed by atoms with E-state index in [-0.39, 0.29) is 35.7 Å². The zero-order valence-corrected chi connectivity index (χ0v) is 18.2. The number of amides is 4. The van der Waals surface area contributed by atoms with Gasteiger partial charge in [-0.25, -0.2) is 4.79 Å². The highest BCUT2D eigenvalue weighted by molar-refractivity contribution is 6.09. The van der Waals surface area contributed by atoms with Gasteiger partial charge in [0.25, 0.3) is 5.91 Å². The molecule has 1 aromatic carbocycles. The fraction of sp³-hybridized carbons (Fsp3) is 0.609. The lowest BCUT2D eigenvalue weighted by Crippen LogP contribution is -2.46. The number of nitrogens with one attached hydrogen (secondary N) is 2. The number of benzene rings is 1. The quantitative estimate of drug-likeness (QED) is 0.742. The Kier molecular flexibility index (Phi) is 5.74. The minimum atomic E-state index is -0.780. The topological polar surface area (TPSA) is 78.5 Å². The molecule has 158 valence electrons. The van der Waals surface area contributed by atoms with E-state index >= 15 is 0 Å². The van der Waals surface area contributed by atoms with E-state index in [4.69, 9.17) is 0 Å². The van der Waals surface area contributed by atoms with Crippen molar-refractivity contribution in [2.24, 2.45) is 5.92 Å². The Labute approximate surface area is 173 Å². The van der Waals surface area contributed by atoms with Crippen molar-refractivity contribution in [2.75, 3.05) is 6.54 Å². The molecule has 6 nitrogen and oxygen atoms in total. The maximum Gasteiger partial charge on any atom is 0.325 e. The number of urea groups is 1. The molecule has 2 fully saturated rings. The molecule has 29 heavy (non-hydrogen) atoms. The Morgan fingerprint density at radius 1 is 1.14 bits per heavy atom. The molecule has 1 atom stereocenters. The number of hydrogen-bond acceptors (Lipinski definition) is 3. The van der Waals surface area contributed by atoms with Crippen LogP contribution in [0.4, 0.5) is 4.79 Å². The highest BCUT2D eigenvalue weighted by Gasteiger charge is 2.52. The van der Waals surface area contributed by atoms with E-state index in [1.54, 1.807) is 0 Å². The highest BCUT2D eigenvalue weighted by atomic mass is 16.2. The van der Waals surface area contributed by atoms with Crippen LogP contribution >= 0.6 is 0 Å². The van der Waals surface area contributed by atoms with E-state index < -0.39 is 11.6 Å². The van der Waals surface area contributed by atoms with Gasteiger partial charge in [0.2, 0.25) is 5.91 Å². The first kappa shape index (κ1) is 21.3. The average Bonchev–Trinajstić information content (AvgIpc) is 3.20. The highest BCUT2D eigenvalue weighted by Crippen LogP contribution is 2.35. The number of hydrogen-bond donors (Lipinski definition) is 2. The fourth-order valence-electron chi connectivity index (χ4n) is 4.33. The SMILES string of the molecule is CC(C)C(NC(=O)CN1C(=O)NC2(CCCC2)C1=O)c1ccc(C(C)(C)C)cc1. The molecule has 2 N–H and O–H groups in total. The standard InChI is InChI=1S/C23H33N3O3/c1-15(2)19(16-8-10-17(11-9-16)22(3,4)5)24-18(27)14-26-20(28)23(25-21(26)29)12-6-7-13-23/h8-11,15,19H,6-7,12-14H2,1-5H3,(H,24,27)(H,25,29). The van der Waals surface area contributed by atoms with E-state index in [1.165, 1.54) is 5.56 Å². The van der Waals surface area contributed by atoms with Crippen LogP contribution in [0.25, 0.3) is 0 Å². The largest absolute Gasteiger partial charge is 0.347 e. The van der Waals surface area contributed by atoms with E-state index in [0.29, 0.717) is 12.8 Å². The van der Waals surface area contributed by atoms with Gasteiger partial charge in [0.15, 0.2) is 0 Å². The van der Waals surface area contributed by atoms with Crippen molar-refractivity contribution < 1.29 is 14.4 Å². The minimum absolute atomic E-state index is 0.0643. The molecule has 0 aromatic heterocycles. The fourth-order valence-corrected chi connectivity index (χ4v) is 4.33. The third-order valence-corrected chi connectivity index (χ3v) is 6.12. The zero-order valence-electron chi connectivity index (χ0n) is 18.2. The predicted molar refractivity (Wildman–Crippen MR) is 112 cm³/mol. The number of carbonyl (C=O) groups is 3. The number of carbonyl (C=O) groups excluding carboxylic acids is 3. The van der Waals surface area contributed by atoms with Crippen molar-refractivity contribution in [2.45, 2.75) is 77.3 Å².